The Morgan fingerprint density at radius 1 is 1.15 bits per heavy atom. The molecule has 1 atom stereocenters. The fourth-order valence-corrected chi connectivity index (χ4v) is 5.06. The summed E-state index contributed by atoms with van der Waals surface area (Å²) in [7, 11) is 0. The number of carbonyl (C=O) groups excluding carboxylic acids is 1. The van der Waals surface area contributed by atoms with Crippen molar-refractivity contribution in [2.24, 2.45) is 11.7 Å². The molecular formula is C27H33ClN4O. The number of nitrogens with zero attached hydrogens (tertiary/aromatic N) is 1. The maximum atomic E-state index is 13.8. The predicted octanol–water partition coefficient (Wildman–Crippen LogP) is 5.30. The molecule has 33 heavy (non-hydrogen) atoms. The van der Waals surface area contributed by atoms with Gasteiger partial charge in [0.15, 0.2) is 0 Å². The van der Waals surface area contributed by atoms with Gasteiger partial charge in [-0.15, -0.1) is 0 Å². The monoisotopic (exact) mass is 464 g/mol. The Balaban J connectivity index is 1.82. The molecule has 1 heterocycles. The quantitative estimate of drug-likeness (QED) is 0.395. The van der Waals surface area contributed by atoms with Gasteiger partial charge in [-0.25, -0.2) is 4.98 Å². The summed E-state index contributed by atoms with van der Waals surface area (Å²) in [6, 6.07) is 15.7. The number of rotatable bonds is 8. The van der Waals surface area contributed by atoms with Gasteiger partial charge in [-0.3, -0.25) is 4.79 Å². The number of aromatic nitrogens is 1. The second-order valence-electron chi connectivity index (χ2n) is 8.97. The molecule has 1 saturated carbocycles. The highest BCUT2D eigenvalue weighted by Gasteiger charge is 2.26. The van der Waals surface area contributed by atoms with Gasteiger partial charge < -0.3 is 16.4 Å². The van der Waals surface area contributed by atoms with Crippen LogP contribution in [-0.2, 0) is 6.54 Å². The van der Waals surface area contributed by atoms with Crippen LogP contribution in [0.1, 0.15) is 54.9 Å². The summed E-state index contributed by atoms with van der Waals surface area (Å²) < 4.78 is 0. The van der Waals surface area contributed by atoms with Gasteiger partial charge in [-0.2, -0.15) is 0 Å². The zero-order valence-electron chi connectivity index (χ0n) is 19.2. The number of nitrogens with one attached hydrogen (secondary N) is 2. The molecule has 1 fully saturated rings. The fourth-order valence-electron chi connectivity index (χ4n) is 4.89. The standard InChI is InChI=1S/C27H33ClN4O/c1-18(19-8-4-2-5-9-19)31-27(33)25-22-16-21(28)12-13-24(22)32-26(20-10-6-3-7-11-20)23(25)17-30-15-14-29/h3,6-7,10-13,16,18-19,30H,2,4-5,8-9,14-15,17,29H2,1H3,(H,31,33)/t18-/m0/s1. The molecule has 0 saturated heterocycles. The molecule has 1 aliphatic carbocycles. The first kappa shape index (κ1) is 23.7. The molecule has 6 heteroatoms. The van der Waals surface area contributed by atoms with Crippen molar-refractivity contribution in [1.29, 1.82) is 0 Å². The summed E-state index contributed by atoms with van der Waals surface area (Å²) in [5.41, 5.74) is 9.79. The Kier molecular flexibility index (Phi) is 7.97. The molecule has 3 aromatic rings. The first-order valence-corrected chi connectivity index (χ1v) is 12.4. The number of amides is 1. The van der Waals surface area contributed by atoms with Gasteiger partial charge in [0.2, 0.25) is 0 Å². The number of fused-ring (bicyclic) bond motifs is 1. The smallest absolute Gasteiger partial charge is 0.252 e. The molecule has 1 amide bonds. The van der Waals surface area contributed by atoms with Crippen LogP contribution in [0, 0.1) is 5.92 Å². The number of hydrogen-bond donors (Lipinski definition) is 3. The van der Waals surface area contributed by atoms with Crippen molar-refractivity contribution in [2.75, 3.05) is 13.1 Å². The third-order valence-corrected chi connectivity index (χ3v) is 6.90. The summed E-state index contributed by atoms with van der Waals surface area (Å²) in [6.45, 7) is 3.81. The molecule has 4 rings (SSSR count). The van der Waals surface area contributed by atoms with Crippen LogP contribution in [-0.4, -0.2) is 30.0 Å². The summed E-state index contributed by atoms with van der Waals surface area (Å²) >= 11 is 6.37. The molecule has 5 nitrogen and oxygen atoms in total. The number of pyridine rings is 1. The van der Waals surface area contributed by atoms with Crippen molar-refractivity contribution in [3.05, 3.63) is 64.7 Å². The third kappa shape index (κ3) is 5.55. The molecule has 0 radical (unpaired) electrons. The van der Waals surface area contributed by atoms with Gasteiger partial charge >= 0.3 is 0 Å². The molecule has 0 unspecified atom stereocenters. The molecule has 2 aromatic carbocycles. The van der Waals surface area contributed by atoms with E-state index in [2.05, 4.69) is 17.6 Å². The van der Waals surface area contributed by atoms with E-state index in [1.165, 1.54) is 32.1 Å². The fraction of sp³-hybridized carbons (Fsp3) is 0.407. The number of hydrogen-bond acceptors (Lipinski definition) is 4. The largest absolute Gasteiger partial charge is 0.349 e. The Morgan fingerprint density at radius 2 is 1.91 bits per heavy atom. The minimum atomic E-state index is -0.0653. The van der Waals surface area contributed by atoms with E-state index in [0.29, 0.717) is 36.1 Å². The number of benzene rings is 2. The summed E-state index contributed by atoms with van der Waals surface area (Å²) in [5.74, 6) is 0.455. The van der Waals surface area contributed by atoms with Gasteiger partial charge in [-0.05, 0) is 43.9 Å². The minimum Gasteiger partial charge on any atom is -0.349 e. The van der Waals surface area contributed by atoms with Crippen LogP contribution < -0.4 is 16.4 Å². The van der Waals surface area contributed by atoms with Crippen LogP contribution in [0.4, 0.5) is 0 Å². The normalized spacial score (nSPS) is 15.5. The third-order valence-electron chi connectivity index (χ3n) is 6.66. The van der Waals surface area contributed by atoms with E-state index in [0.717, 1.165) is 27.7 Å². The average Bonchev–Trinajstić information content (AvgIpc) is 2.84. The van der Waals surface area contributed by atoms with Crippen molar-refractivity contribution < 1.29 is 4.79 Å². The Morgan fingerprint density at radius 3 is 2.64 bits per heavy atom. The average molecular weight is 465 g/mol. The first-order valence-electron chi connectivity index (χ1n) is 12.0. The van der Waals surface area contributed by atoms with E-state index in [4.69, 9.17) is 22.3 Å². The summed E-state index contributed by atoms with van der Waals surface area (Å²) in [5, 5.41) is 8.07. The molecule has 4 N–H and O–H groups in total. The summed E-state index contributed by atoms with van der Waals surface area (Å²) in [4.78, 5) is 18.8. The van der Waals surface area contributed by atoms with Crippen LogP contribution in [0.5, 0.6) is 0 Å². The summed E-state index contributed by atoms with van der Waals surface area (Å²) in [6.07, 6.45) is 6.12. The predicted molar refractivity (Wildman–Crippen MR) is 136 cm³/mol. The SMILES string of the molecule is C[C@H](NC(=O)c1c(CNCCN)c(-c2ccccc2)nc2ccc(Cl)cc12)C1CCCCC1. The highest BCUT2D eigenvalue weighted by atomic mass is 35.5. The van der Waals surface area contributed by atoms with Crippen LogP contribution in [0.2, 0.25) is 5.02 Å². The maximum absolute atomic E-state index is 13.8. The van der Waals surface area contributed by atoms with E-state index >= 15 is 0 Å². The second-order valence-corrected chi connectivity index (χ2v) is 9.40. The van der Waals surface area contributed by atoms with Crippen LogP contribution in [0.15, 0.2) is 48.5 Å². The highest BCUT2D eigenvalue weighted by Crippen LogP contribution is 2.33. The molecule has 0 spiro atoms. The Hall–Kier alpha value is -2.47. The van der Waals surface area contributed by atoms with Gasteiger partial charge in [-0.1, -0.05) is 61.2 Å². The number of nitrogens with two attached hydrogens (primary N) is 1. The van der Waals surface area contributed by atoms with E-state index < -0.39 is 0 Å². The molecule has 1 aromatic heterocycles. The minimum absolute atomic E-state index is 0.0653. The van der Waals surface area contributed by atoms with Gasteiger partial charge in [0.25, 0.3) is 5.91 Å². The van der Waals surface area contributed by atoms with E-state index in [9.17, 15) is 4.79 Å². The zero-order valence-corrected chi connectivity index (χ0v) is 20.0. The Bertz CT molecular complexity index is 1100. The lowest BCUT2D eigenvalue weighted by Crippen LogP contribution is -2.39. The van der Waals surface area contributed by atoms with Crippen LogP contribution in [0.25, 0.3) is 22.2 Å². The first-order chi connectivity index (χ1) is 16.1. The van der Waals surface area contributed by atoms with Gasteiger partial charge in [0, 0.05) is 47.2 Å². The highest BCUT2D eigenvalue weighted by molar-refractivity contribution is 6.31. The number of carbonyl (C=O) groups is 1. The van der Waals surface area contributed by atoms with Crippen LogP contribution in [0.3, 0.4) is 0 Å². The molecule has 174 valence electrons. The second kappa shape index (κ2) is 11.1. The lowest BCUT2D eigenvalue weighted by Gasteiger charge is -2.29. The lowest BCUT2D eigenvalue weighted by atomic mass is 9.84. The van der Waals surface area contributed by atoms with Gasteiger partial charge in [0.05, 0.1) is 16.8 Å². The molecular weight excluding hydrogens is 432 g/mol. The molecule has 0 bridgehead atoms. The van der Waals surface area contributed by atoms with Crippen molar-refractivity contribution in [3.63, 3.8) is 0 Å². The molecule has 0 aliphatic heterocycles. The van der Waals surface area contributed by atoms with Crippen molar-refractivity contribution in [3.8, 4) is 11.3 Å². The van der Waals surface area contributed by atoms with E-state index in [1.54, 1.807) is 0 Å². The van der Waals surface area contributed by atoms with E-state index in [-0.39, 0.29) is 11.9 Å². The van der Waals surface area contributed by atoms with Crippen molar-refractivity contribution >= 4 is 28.4 Å². The van der Waals surface area contributed by atoms with Crippen molar-refractivity contribution in [1.82, 2.24) is 15.6 Å². The maximum Gasteiger partial charge on any atom is 0.252 e. The zero-order chi connectivity index (χ0) is 23.2. The Labute approximate surface area is 201 Å². The lowest BCUT2D eigenvalue weighted by molar-refractivity contribution is 0.0920. The van der Waals surface area contributed by atoms with Gasteiger partial charge in [0.1, 0.15) is 0 Å². The van der Waals surface area contributed by atoms with Crippen LogP contribution >= 0.6 is 11.6 Å². The number of halogens is 1. The van der Waals surface area contributed by atoms with Crippen molar-refractivity contribution in [2.45, 2.75) is 51.6 Å². The molecule has 1 aliphatic rings. The van der Waals surface area contributed by atoms with E-state index in [1.807, 2.05) is 48.5 Å². The topological polar surface area (TPSA) is 80.0 Å².